The fourth-order valence-corrected chi connectivity index (χ4v) is 3.56. The van der Waals surface area contributed by atoms with Gasteiger partial charge >= 0.3 is 12.0 Å². The van der Waals surface area contributed by atoms with Crippen molar-refractivity contribution >= 4 is 29.7 Å². The van der Waals surface area contributed by atoms with Crippen LogP contribution in [0.3, 0.4) is 0 Å². The second-order valence-corrected chi connectivity index (χ2v) is 7.41. The van der Waals surface area contributed by atoms with Crippen LogP contribution in [0.15, 0.2) is 29.2 Å². The van der Waals surface area contributed by atoms with Crippen molar-refractivity contribution in [1.29, 1.82) is 0 Å². The van der Waals surface area contributed by atoms with Crippen LogP contribution in [0.25, 0.3) is 0 Å². The van der Waals surface area contributed by atoms with Gasteiger partial charge in [0, 0.05) is 23.3 Å². The number of amides is 3. The third-order valence-corrected chi connectivity index (χ3v) is 5.34. The van der Waals surface area contributed by atoms with E-state index >= 15 is 0 Å². The fraction of sp³-hybridized carbons (Fsp3) is 0.526. The molecular formula is C19H26N2O5S. The quantitative estimate of drug-likeness (QED) is 0.520. The number of carbonyl (C=O) groups is 3. The maximum Gasteiger partial charge on any atom is 0.339 e. The van der Waals surface area contributed by atoms with E-state index in [4.69, 9.17) is 9.47 Å². The van der Waals surface area contributed by atoms with Crippen molar-refractivity contribution in [1.82, 2.24) is 10.6 Å². The number of imide groups is 1. The van der Waals surface area contributed by atoms with E-state index in [1.807, 2.05) is 26.0 Å². The monoisotopic (exact) mass is 394 g/mol. The van der Waals surface area contributed by atoms with Crippen LogP contribution in [-0.4, -0.2) is 49.0 Å². The molecule has 8 heteroatoms. The number of esters is 1. The van der Waals surface area contributed by atoms with Crippen molar-refractivity contribution in [3.05, 3.63) is 29.8 Å². The van der Waals surface area contributed by atoms with Gasteiger partial charge in [-0.2, -0.15) is 0 Å². The van der Waals surface area contributed by atoms with Crippen molar-refractivity contribution in [2.75, 3.05) is 19.0 Å². The summed E-state index contributed by atoms with van der Waals surface area (Å²) in [5.74, 6) is -0.503. The summed E-state index contributed by atoms with van der Waals surface area (Å²) >= 11 is 1.54. The molecule has 1 heterocycles. The standard InChI is InChI=1S/C19H26N2O5S/c1-3-13(2)20-19(24)21-17(22)11-26-18(23)15-8-4-5-9-16(15)27-12-14-7-6-10-25-14/h4-5,8-9,13-14H,3,6-7,10-12H2,1-2H3,(H2,20,21,22,24)/t13-,14-/m0/s1. The number of rotatable bonds is 8. The van der Waals surface area contributed by atoms with Crippen LogP contribution >= 0.6 is 11.8 Å². The Morgan fingerprint density at radius 2 is 2.11 bits per heavy atom. The second kappa shape index (κ2) is 10.9. The van der Waals surface area contributed by atoms with Crippen molar-refractivity contribution in [2.24, 2.45) is 0 Å². The first-order valence-electron chi connectivity index (χ1n) is 9.10. The molecule has 1 aromatic carbocycles. The van der Waals surface area contributed by atoms with Crippen molar-refractivity contribution < 1.29 is 23.9 Å². The normalized spacial score (nSPS) is 17.2. The average Bonchev–Trinajstić information content (AvgIpc) is 3.18. The average molecular weight is 394 g/mol. The highest BCUT2D eigenvalue weighted by Gasteiger charge is 2.19. The molecule has 0 aliphatic carbocycles. The summed E-state index contributed by atoms with van der Waals surface area (Å²) in [6.07, 6.45) is 3.04. The zero-order valence-electron chi connectivity index (χ0n) is 15.7. The van der Waals surface area contributed by atoms with Gasteiger partial charge < -0.3 is 14.8 Å². The number of nitrogens with one attached hydrogen (secondary N) is 2. The molecule has 0 saturated carbocycles. The van der Waals surface area contributed by atoms with Gasteiger partial charge in [-0.3, -0.25) is 10.1 Å². The summed E-state index contributed by atoms with van der Waals surface area (Å²) in [7, 11) is 0. The second-order valence-electron chi connectivity index (χ2n) is 6.35. The van der Waals surface area contributed by atoms with E-state index in [9.17, 15) is 14.4 Å². The van der Waals surface area contributed by atoms with Gasteiger partial charge in [-0.05, 0) is 38.3 Å². The number of thioether (sulfide) groups is 1. The number of ether oxygens (including phenoxy) is 2. The van der Waals surface area contributed by atoms with E-state index in [1.54, 1.807) is 12.1 Å². The van der Waals surface area contributed by atoms with Gasteiger partial charge in [0.05, 0.1) is 11.7 Å². The van der Waals surface area contributed by atoms with Crippen molar-refractivity contribution in [2.45, 2.75) is 50.2 Å². The first-order chi connectivity index (χ1) is 13.0. The Bertz CT molecular complexity index is 661. The number of benzene rings is 1. The lowest BCUT2D eigenvalue weighted by Gasteiger charge is -2.13. The van der Waals surface area contributed by atoms with E-state index in [1.165, 1.54) is 11.8 Å². The molecule has 0 spiro atoms. The Labute approximate surface area is 163 Å². The molecule has 0 radical (unpaired) electrons. The number of urea groups is 1. The molecule has 2 rings (SSSR count). The molecule has 3 amide bonds. The zero-order chi connectivity index (χ0) is 19.6. The minimum Gasteiger partial charge on any atom is -0.452 e. The van der Waals surface area contributed by atoms with Crippen molar-refractivity contribution in [3.8, 4) is 0 Å². The molecule has 1 aliphatic heterocycles. The number of hydrogen-bond acceptors (Lipinski definition) is 6. The van der Waals surface area contributed by atoms with E-state index in [-0.39, 0.29) is 12.1 Å². The van der Waals surface area contributed by atoms with Crippen LogP contribution in [0.2, 0.25) is 0 Å². The molecule has 1 saturated heterocycles. The molecule has 0 unspecified atom stereocenters. The van der Waals surface area contributed by atoms with E-state index < -0.39 is 24.5 Å². The van der Waals surface area contributed by atoms with Crippen LogP contribution in [0, 0.1) is 0 Å². The van der Waals surface area contributed by atoms with Crippen LogP contribution in [0.4, 0.5) is 4.79 Å². The highest BCUT2D eigenvalue weighted by Crippen LogP contribution is 2.27. The molecule has 1 aliphatic rings. The Morgan fingerprint density at radius 1 is 1.33 bits per heavy atom. The maximum absolute atomic E-state index is 12.3. The van der Waals surface area contributed by atoms with Crippen LogP contribution in [0.1, 0.15) is 43.5 Å². The van der Waals surface area contributed by atoms with Gasteiger partial charge in [-0.25, -0.2) is 9.59 Å². The molecule has 1 fully saturated rings. The van der Waals surface area contributed by atoms with Gasteiger partial charge in [0.2, 0.25) is 0 Å². The first-order valence-corrected chi connectivity index (χ1v) is 10.1. The highest BCUT2D eigenvalue weighted by molar-refractivity contribution is 7.99. The molecule has 0 aromatic heterocycles. The summed E-state index contributed by atoms with van der Waals surface area (Å²) in [5, 5.41) is 4.75. The lowest BCUT2D eigenvalue weighted by atomic mass is 10.2. The molecule has 27 heavy (non-hydrogen) atoms. The zero-order valence-corrected chi connectivity index (χ0v) is 16.5. The van der Waals surface area contributed by atoms with E-state index in [0.717, 1.165) is 36.5 Å². The van der Waals surface area contributed by atoms with Crippen LogP contribution in [-0.2, 0) is 14.3 Å². The highest BCUT2D eigenvalue weighted by atomic mass is 32.2. The lowest BCUT2D eigenvalue weighted by Crippen LogP contribution is -2.44. The molecular weight excluding hydrogens is 368 g/mol. The minimum atomic E-state index is -0.673. The summed E-state index contributed by atoms with van der Waals surface area (Å²) < 4.78 is 10.7. The minimum absolute atomic E-state index is 0.0481. The van der Waals surface area contributed by atoms with Gasteiger partial charge in [-0.1, -0.05) is 19.1 Å². The molecule has 1 aromatic rings. The molecule has 2 N–H and O–H groups in total. The molecule has 148 valence electrons. The van der Waals surface area contributed by atoms with Crippen LogP contribution in [0.5, 0.6) is 0 Å². The fourth-order valence-electron chi connectivity index (χ4n) is 2.45. The Morgan fingerprint density at radius 3 is 2.81 bits per heavy atom. The maximum atomic E-state index is 12.3. The van der Waals surface area contributed by atoms with Gasteiger partial charge in [-0.15, -0.1) is 11.8 Å². The summed E-state index contributed by atoms with van der Waals surface area (Å²) in [5.41, 5.74) is 0.400. The largest absolute Gasteiger partial charge is 0.452 e. The summed E-state index contributed by atoms with van der Waals surface area (Å²) in [6.45, 7) is 4.02. The molecule has 7 nitrogen and oxygen atoms in total. The third kappa shape index (κ3) is 7.22. The molecule has 2 atom stereocenters. The van der Waals surface area contributed by atoms with E-state index in [2.05, 4.69) is 10.6 Å². The SMILES string of the molecule is CC[C@H](C)NC(=O)NC(=O)COC(=O)c1ccccc1SC[C@@H]1CCCO1. The van der Waals surface area contributed by atoms with E-state index in [0.29, 0.717) is 5.56 Å². The smallest absolute Gasteiger partial charge is 0.339 e. The van der Waals surface area contributed by atoms with Crippen molar-refractivity contribution in [3.63, 3.8) is 0 Å². The van der Waals surface area contributed by atoms with Gasteiger partial charge in [0.1, 0.15) is 0 Å². The number of hydrogen-bond donors (Lipinski definition) is 2. The number of carbonyl (C=O) groups excluding carboxylic acids is 3. The van der Waals surface area contributed by atoms with Crippen LogP contribution < -0.4 is 10.6 Å². The molecule has 0 bridgehead atoms. The predicted octanol–water partition coefficient (Wildman–Crippen LogP) is 2.74. The predicted molar refractivity (Wildman–Crippen MR) is 103 cm³/mol. The summed E-state index contributed by atoms with van der Waals surface area (Å²) in [6, 6.07) is 6.45. The summed E-state index contributed by atoms with van der Waals surface area (Å²) in [4.78, 5) is 36.5. The Hall–Kier alpha value is -2.06. The lowest BCUT2D eigenvalue weighted by molar-refractivity contribution is -0.123. The van der Waals surface area contributed by atoms with Gasteiger partial charge in [0.15, 0.2) is 6.61 Å². The van der Waals surface area contributed by atoms with Gasteiger partial charge in [0.25, 0.3) is 5.91 Å². The first kappa shape index (κ1) is 21.2. The Kier molecular flexibility index (Phi) is 8.60. The topological polar surface area (TPSA) is 93.7 Å². The Balaban J connectivity index is 1.82. The third-order valence-electron chi connectivity index (χ3n) is 4.13.